The van der Waals surface area contributed by atoms with Gasteiger partial charge in [-0.05, 0) is 18.4 Å². The van der Waals surface area contributed by atoms with E-state index in [1.807, 2.05) is 30.3 Å². The number of halogens is 3. The van der Waals surface area contributed by atoms with Crippen LogP contribution in [0.1, 0.15) is 24.8 Å². The van der Waals surface area contributed by atoms with Gasteiger partial charge in [-0.25, -0.2) is 4.79 Å². The van der Waals surface area contributed by atoms with Gasteiger partial charge < -0.3 is 9.84 Å². The van der Waals surface area contributed by atoms with E-state index in [1.54, 1.807) is 0 Å². The van der Waals surface area contributed by atoms with Crippen LogP contribution in [0.5, 0.6) is 6.01 Å². The van der Waals surface area contributed by atoms with Gasteiger partial charge in [0, 0.05) is 26.6 Å². The third-order valence-electron chi connectivity index (χ3n) is 4.76. The molecule has 0 atom stereocenters. The number of aryl methyl sites for hydroxylation is 1. The number of ether oxygens (including phenoxy) is 1. The van der Waals surface area contributed by atoms with Crippen molar-refractivity contribution < 1.29 is 23.0 Å². The van der Waals surface area contributed by atoms with Crippen LogP contribution < -0.4 is 16.0 Å². The first-order valence-electron chi connectivity index (χ1n) is 9.77. The first-order chi connectivity index (χ1) is 14.7. The second kappa shape index (κ2) is 9.38. The minimum atomic E-state index is -4.29. The van der Waals surface area contributed by atoms with Crippen LogP contribution in [0.15, 0.2) is 39.9 Å². The summed E-state index contributed by atoms with van der Waals surface area (Å²) in [4.78, 5) is 29.9. The fourth-order valence-corrected chi connectivity index (χ4v) is 3.24. The highest BCUT2D eigenvalue weighted by molar-refractivity contribution is 5.72. The van der Waals surface area contributed by atoms with E-state index in [2.05, 4.69) is 4.98 Å². The fraction of sp³-hybridized carbons (Fsp3) is 0.450. The smallest absolute Gasteiger partial charge is 0.389 e. The van der Waals surface area contributed by atoms with Gasteiger partial charge in [0.05, 0.1) is 13.2 Å². The molecule has 0 spiro atoms. The fourth-order valence-electron chi connectivity index (χ4n) is 3.24. The second-order valence-corrected chi connectivity index (χ2v) is 7.08. The number of aromatic nitrogens is 4. The largest absolute Gasteiger partial charge is 0.465 e. The van der Waals surface area contributed by atoms with Crippen LogP contribution in [-0.2, 0) is 20.1 Å². The monoisotopic (exact) mass is 440 g/mol. The molecular weight excluding hydrogens is 417 g/mol. The molecule has 2 aromatic heterocycles. The maximum atomic E-state index is 13.1. The Morgan fingerprint density at radius 1 is 1.10 bits per heavy atom. The van der Waals surface area contributed by atoms with E-state index in [0.717, 1.165) is 10.1 Å². The number of rotatable bonds is 9. The van der Waals surface area contributed by atoms with Gasteiger partial charge in [0.25, 0.3) is 11.6 Å². The van der Waals surface area contributed by atoms with Crippen LogP contribution >= 0.6 is 0 Å². The van der Waals surface area contributed by atoms with Crippen LogP contribution in [0.4, 0.5) is 13.2 Å². The normalized spacial score (nSPS) is 11.9. The molecule has 1 N–H and O–H groups in total. The molecule has 0 saturated heterocycles. The molecule has 3 aromatic rings. The lowest BCUT2D eigenvalue weighted by atomic mass is 10.2. The molecule has 0 aliphatic heterocycles. The maximum absolute atomic E-state index is 13.1. The topological polar surface area (TPSA) is 91.3 Å². The third-order valence-corrected chi connectivity index (χ3v) is 4.76. The van der Waals surface area contributed by atoms with Gasteiger partial charge in [0.2, 0.25) is 0 Å². The number of hydrogen-bond acceptors (Lipinski definition) is 5. The molecule has 0 bridgehead atoms. The van der Waals surface area contributed by atoms with E-state index < -0.39 is 23.8 Å². The van der Waals surface area contributed by atoms with Crippen LogP contribution in [-0.4, -0.2) is 43.2 Å². The van der Waals surface area contributed by atoms with Gasteiger partial charge in [-0.1, -0.05) is 30.3 Å². The maximum Gasteiger partial charge on any atom is 0.389 e. The van der Waals surface area contributed by atoms with Crippen LogP contribution in [0.25, 0.3) is 11.2 Å². The molecule has 0 saturated carbocycles. The van der Waals surface area contributed by atoms with Crippen molar-refractivity contribution in [2.75, 3.05) is 13.2 Å². The number of imidazole rings is 1. The van der Waals surface area contributed by atoms with E-state index in [-0.39, 0.29) is 56.3 Å². The number of aliphatic hydroxyl groups excluding tert-OH is 1. The summed E-state index contributed by atoms with van der Waals surface area (Å²) in [7, 11) is 1.45. The van der Waals surface area contributed by atoms with Crippen molar-refractivity contribution in [1.29, 1.82) is 0 Å². The van der Waals surface area contributed by atoms with Crippen molar-refractivity contribution in [3.05, 3.63) is 56.7 Å². The Morgan fingerprint density at radius 3 is 2.45 bits per heavy atom. The minimum absolute atomic E-state index is 0.0240. The highest BCUT2D eigenvalue weighted by Crippen LogP contribution is 2.23. The molecule has 0 amide bonds. The molecule has 2 heterocycles. The summed E-state index contributed by atoms with van der Waals surface area (Å²) in [6.07, 6.45) is -5.35. The summed E-state index contributed by atoms with van der Waals surface area (Å²) in [6, 6.07) is 9.07. The van der Waals surface area contributed by atoms with Crippen molar-refractivity contribution in [1.82, 2.24) is 18.7 Å². The summed E-state index contributed by atoms with van der Waals surface area (Å²) < 4.78 is 46.5. The first-order valence-corrected chi connectivity index (χ1v) is 9.77. The zero-order valence-corrected chi connectivity index (χ0v) is 16.9. The number of benzene rings is 1. The molecule has 8 nitrogen and oxygen atoms in total. The molecule has 0 unspecified atom stereocenters. The Bertz CT molecular complexity index is 1150. The van der Waals surface area contributed by atoms with E-state index in [4.69, 9.17) is 9.84 Å². The third kappa shape index (κ3) is 5.16. The lowest BCUT2D eigenvalue weighted by Crippen LogP contribution is -2.39. The second-order valence-electron chi connectivity index (χ2n) is 7.08. The van der Waals surface area contributed by atoms with Gasteiger partial charge in [-0.15, -0.1) is 0 Å². The van der Waals surface area contributed by atoms with Crippen molar-refractivity contribution in [3.8, 4) is 6.01 Å². The van der Waals surface area contributed by atoms with Gasteiger partial charge in [0.1, 0.15) is 0 Å². The Morgan fingerprint density at radius 2 is 1.81 bits per heavy atom. The zero-order chi connectivity index (χ0) is 22.6. The van der Waals surface area contributed by atoms with Gasteiger partial charge in [-0.2, -0.15) is 18.2 Å². The predicted octanol–water partition coefficient (Wildman–Crippen LogP) is 2.05. The number of alkyl halides is 3. The molecule has 0 aliphatic carbocycles. The van der Waals surface area contributed by atoms with Gasteiger partial charge in [0.15, 0.2) is 11.2 Å². The van der Waals surface area contributed by atoms with Crippen molar-refractivity contribution >= 4 is 11.2 Å². The molecule has 3 rings (SSSR count). The summed E-state index contributed by atoms with van der Waals surface area (Å²) >= 11 is 0. The van der Waals surface area contributed by atoms with Crippen LogP contribution in [0.2, 0.25) is 0 Å². The molecule has 168 valence electrons. The first kappa shape index (κ1) is 22.6. The molecule has 11 heteroatoms. The quantitative estimate of drug-likeness (QED) is 0.515. The van der Waals surface area contributed by atoms with E-state index in [0.29, 0.717) is 0 Å². The summed E-state index contributed by atoms with van der Waals surface area (Å²) in [5.41, 5.74) is -0.192. The molecule has 0 radical (unpaired) electrons. The van der Waals surface area contributed by atoms with Gasteiger partial charge >= 0.3 is 11.9 Å². The molecular formula is C20H23F3N4O4. The van der Waals surface area contributed by atoms with Crippen LogP contribution in [0, 0.1) is 0 Å². The zero-order valence-electron chi connectivity index (χ0n) is 16.9. The van der Waals surface area contributed by atoms with E-state index in [1.165, 1.54) is 16.2 Å². The van der Waals surface area contributed by atoms with Gasteiger partial charge in [-0.3, -0.25) is 18.5 Å². The standard InChI is InChI=1S/C20H23F3N4O4/c1-25-16-15(17(29)26(19(25)30)10-6-11-28)27(13-14-7-3-2-4-8-14)18(24-16)31-12-5-9-20(21,22)23/h2-4,7-8,28H,5-6,9-13H2,1H3. The number of nitrogens with zero attached hydrogens (tertiary/aromatic N) is 4. The van der Waals surface area contributed by atoms with E-state index in [9.17, 15) is 22.8 Å². The molecule has 1 aromatic carbocycles. The Balaban J connectivity index is 2.08. The van der Waals surface area contributed by atoms with E-state index >= 15 is 0 Å². The van der Waals surface area contributed by atoms with Crippen molar-refractivity contribution in [2.45, 2.75) is 38.5 Å². The van der Waals surface area contributed by atoms with Crippen molar-refractivity contribution in [3.63, 3.8) is 0 Å². The summed E-state index contributed by atoms with van der Waals surface area (Å²) in [6.45, 7) is -0.232. The highest BCUT2D eigenvalue weighted by atomic mass is 19.4. The Labute approximate surface area is 175 Å². The summed E-state index contributed by atoms with van der Waals surface area (Å²) in [5.74, 6) is 0. The summed E-state index contributed by atoms with van der Waals surface area (Å²) in [5, 5.41) is 9.08. The predicted molar refractivity (Wildman–Crippen MR) is 107 cm³/mol. The number of fused-ring (bicyclic) bond motifs is 1. The average molecular weight is 440 g/mol. The SMILES string of the molecule is Cn1c(=O)n(CCCO)c(=O)c2c1nc(OCCCC(F)(F)F)n2Cc1ccccc1. The molecule has 0 aliphatic rings. The number of aliphatic hydroxyl groups is 1. The Kier molecular flexibility index (Phi) is 6.84. The lowest BCUT2D eigenvalue weighted by molar-refractivity contribution is -0.136. The lowest BCUT2D eigenvalue weighted by Gasteiger charge is -2.12. The molecule has 0 fully saturated rings. The Hall–Kier alpha value is -3.08. The minimum Gasteiger partial charge on any atom is -0.465 e. The van der Waals surface area contributed by atoms with Crippen LogP contribution in [0.3, 0.4) is 0 Å². The van der Waals surface area contributed by atoms with Crippen molar-refractivity contribution in [2.24, 2.45) is 7.05 Å². The number of hydrogen-bond donors (Lipinski definition) is 1. The molecule has 31 heavy (non-hydrogen) atoms. The average Bonchev–Trinajstić information content (AvgIpc) is 3.08. The highest BCUT2D eigenvalue weighted by Gasteiger charge is 2.27.